The van der Waals surface area contributed by atoms with E-state index in [0.29, 0.717) is 31.3 Å². The van der Waals surface area contributed by atoms with E-state index in [1.165, 1.54) is 6.92 Å². The second-order valence-electron chi connectivity index (χ2n) is 7.34. The summed E-state index contributed by atoms with van der Waals surface area (Å²) in [6.45, 7) is 9.14. The fraction of sp³-hybridized carbons (Fsp3) is 0.778. The van der Waals surface area contributed by atoms with Crippen molar-refractivity contribution < 1.29 is 19.2 Å². The van der Waals surface area contributed by atoms with Crippen molar-refractivity contribution in [2.45, 2.75) is 72.0 Å². The van der Waals surface area contributed by atoms with Crippen LogP contribution in [0.3, 0.4) is 0 Å². The number of nitrogens with one attached hydrogen (secondary N) is 3. The van der Waals surface area contributed by atoms with E-state index in [1.807, 2.05) is 27.7 Å². The van der Waals surface area contributed by atoms with Crippen LogP contribution in [0.4, 0.5) is 0 Å². The van der Waals surface area contributed by atoms with Crippen molar-refractivity contribution in [1.82, 2.24) is 16.0 Å². The summed E-state index contributed by atoms with van der Waals surface area (Å²) in [5.74, 6) is -0.280. The summed E-state index contributed by atoms with van der Waals surface area (Å²) in [6, 6.07) is -2.10. The molecule has 7 nitrogen and oxygen atoms in total. The standard InChI is InChI=1S/C18H33N3O4S/c1-11(2)8-15(19-13(5)23)18(25)21-16(9-12(3)4)17(24)20-14(10-22)6-7-26/h10-12,14-16,26H,6-9H2,1-5H3,(H,19,23)(H,20,24)(H,21,25)/t14?,15-,16-/m0/s1. The van der Waals surface area contributed by atoms with Gasteiger partial charge in [0.2, 0.25) is 17.7 Å². The Bertz CT molecular complexity index is 483. The number of carbonyl (C=O) groups is 4. The Kier molecular flexibility index (Phi) is 12.0. The van der Waals surface area contributed by atoms with E-state index in [1.54, 1.807) is 0 Å². The fourth-order valence-corrected chi connectivity index (χ4v) is 2.80. The van der Waals surface area contributed by atoms with Gasteiger partial charge in [-0.2, -0.15) is 12.6 Å². The molecule has 0 bridgehead atoms. The summed E-state index contributed by atoms with van der Waals surface area (Å²) in [4.78, 5) is 47.6. The van der Waals surface area contributed by atoms with Crippen LogP contribution in [0, 0.1) is 11.8 Å². The third-order valence-corrected chi connectivity index (χ3v) is 3.93. The Labute approximate surface area is 161 Å². The van der Waals surface area contributed by atoms with E-state index in [9.17, 15) is 19.2 Å². The van der Waals surface area contributed by atoms with Crippen LogP contribution in [0.1, 0.15) is 53.9 Å². The minimum absolute atomic E-state index is 0.162. The number of hydrogen-bond acceptors (Lipinski definition) is 5. The van der Waals surface area contributed by atoms with Crippen LogP contribution in [-0.4, -0.2) is 47.9 Å². The smallest absolute Gasteiger partial charge is 0.243 e. The van der Waals surface area contributed by atoms with E-state index in [4.69, 9.17) is 0 Å². The largest absolute Gasteiger partial charge is 0.345 e. The predicted octanol–water partition coefficient (Wildman–Crippen LogP) is 1.07. The third kappa shape index (κ3) is 10.4. The number of amides is 3. The van der Waals surface area contributed by atoms with Crippen LogP contribution in [0.2, 0.25) is 0 Å². The Balaban J connectivity index is 5.14. The molecule has 0 saturated heterocycles. The van der Waals surface area contributed by atoms with Gasteiger partial charge in [-0.1, -0.05) is 27.7 Å². The van der Waals surface area contributed by atoms with Crippen molar-refractivity contribution in [2.75, 3.05) is 5.75 Å². The summed E-state index contributed by atoms with van der Waals surface area (Å²) < 4.78 is 0. The molecule has 0 aliphatic rings. The fourth-order valence-electron chi connectivity index (χ4n) is 2.52. The van der Waals surface area contributed by atoms with Crippen LogP contribution >= 0.6 is 12.6 Å². The van der Waals surface area contributed by atoms with E-state index >= 15 is 0 Å². The third-order valence-electron chi connectivity index (χ3n) is 3.67. The Morgan fingerprint density at radius 3 is 1.73 bits per heavy atom. The first-order valence-electron chi connectivity index (χ1n) is 9.04. The Morgan fingerprint density at radius 2 is 1.35 bits per heavy atom. The molecule has 0 spiro atoms. The molecular weight excluding hydrogens is 354 g/mol. The van der Waals surface area contributed by atoms with Crippen molar-refractivity contribution in [1.29, 1.82) is 0 Å². The number of thiol groups is 1. The molecular formula is C18H33N3O4S. The maximum absolute atomic E-state index is 12.6. The summed E-state index contributed by atoms with van der Waals surface area (Å²) >= 11 is 4.07. The van der Waals surface area contributed by atoms with Crippen LogP contribution in [0.25, 0.3) is 0 Å². The van der Waals surface area contributed by atoms with Gasteiger partial charge in [0.25, 0.3) is 0 Å². The quantitative estimate of drug-likeness (QED) is 0.297. The SMILES string of the molecule is CC(=O)N[C@@H](CC(C)C)C(=O)N[C@@H](CC(C)C)C(=O)NC(C=O)CCS. The highest BCUT2D eigenvalue weighted by Crippen LogP contribution is 2.09. The molecule has 3 atom stereocenters. The average molecular weight is 388 g/mol. The van der Waals surface area contributed by atoms with Crippen molar-refractivity contribution in [2.24, 2.45) is 11.8 Å². The molecule has 0 aliphatic carbocycles. The minimum Gasteiger partial charge on any atom is -0.345 e. The number of rotatable bonds is 12. The normalized spacial score (nSPS) is 14.5. The molecule has 26 heavy (non-hydrogen) atoms. The lowest BCUT2D eigenvalue weighted by Crippen LogP contribution is -2.55. The van der Waals surface area contributed by atoms with Crippen LogP contribution in [0.15, 0.2) is 0 Å². The lowest BCUT2D eigenvalue weighted by Gasteiger charge is -2.25. The van der Waals surface area contributed by atoms with Gasteiger partial charge in [-0.15, -0.1) is 0 Å². The first kappa shape index (κ1) is 24.4. The molecule has 0 saturated carbocycles. The second-order valence-corrected chi connectivity index (χ2v) is 7.78. The highest BCUT2D eigenvalue weighted by Gasteiger charge is 2.28. The molecule has 3 N–H and O–H groups in total. The molecule has 0 heterocycles. The summed E-state index contributed by atoms with van der Waals surface area (Å²) in [5, 5.41) is 8.00. The van der Waals surface area contributed by atoms with Gasteiger partial charge in [0, 0.05) is 6.92 Å². The zero-order chi connectivity index (χ0) is 20.3. The Hall–Kier alpha value is -1.57. The highest BCUT2D eigenvalue weighted by atomic mass is 32.1. The number of carbonyl (C=O) groups excluding carboxylic acids is 4. The van der Waals surface area contributed by atoms with Gasteiger partial charge in [0.1, 0.15) is 18.4 Å². The van der Waals surface area contributed by atoms with Crippen LogP contribution in [-0.2, 0) is 19.2 Å². The van der Waals surface area contributed by atoms with Crippen molar-refractivity contribution in [3.05, 3.63) is 0 Å². The van der Waals surface area contributed by atoms with Crippen molar-refractivity contribution in [3.8, 4) is 0 Å². The van der Waals surface area contributed by atoms with E-state index in [-0.39, 0.29) is 17.7 Å². The summed E-state index contributed by atoms with van der Waals surface area (Å²) in [6.07, 6.45) is 1.99. The lowest BCUT2D eigenvalue weighted by atomic mass is 10.00. The number of aldehydes is 1. The van der Waals surface area contributed by atoms with Gasteiger partial charge >= 0.3 is 0 Å². The molecule has 0 radical (unpaired) electrons. The Morgan fingerprint density at radius 1 is 0.885 bits per heavy atom. The molecule has 0 aromatic rings. The van der Waals surface area contributed by atoms with E-state index in [0.717, 1.165) is 0 Å². The van der Waals surface area contributed by atoms with Gasteiger partial charge in [0.05, 0.1) is 6.04 Å². The van der Waals surface area contributed by atoms with Gasteiger partial charge in [-0.3, -0.25) is 14.4 Å². The maximum atomic E-state index is 12.6. The van der Waals surface area contributed by atoms with E-state index < -0.39 is 29.9 Å². The zero-order valence-electron chi connectivity index (χ0n) is 16.4. The average Bonchev–Trinajstić information content (AvgIpc) is 2.51. The van der Waals surface area contributed by atoms with E-state index in [2.05, 4.69) is 28.6 Å². The molecule has 0 fully saturated rings. The van der Waals surface area contributed by atoms with Crippen LogP contribution < -0.4 is 16.0 Å². The molecule has 1 unspecified atom stereocenters. The summed E-state index contributed by atoms with van der Waals surface area (Å²) in [7, 11) is 0. The molecule has 0 rings (SSSR count). The molecule has 0 aliphatic heterocycles. The lowest BCUT2D eigenvalue weighted by molar-refractivity contribution is -0.133. The van der Waals surface area contributed by atoms with Gasteiger partial charge in [-0.25, -0.2) is 0 Å². The predicted molar refractivity (Wildman–Crippen MR) is 105 cm³/mol. The molecule has 150 valence electrons. The highest BCUT2D eigenvalue weighted by molar-refractivity contribution is 7.80. The maximum Gasteiger partial charge on any atom is 0.243 e. The molecule has 3 amide bonds. The van der Waals surface area contributed by atoms with Gasteiger partial charge < -0.3 is 20.7 Å². The minimum atomic E-state index is -0.770. The molecule has 0 aromatic carbocycles. The topological polar surface area (TPSA) is 104 Å². The second kappa shape index (κ2) is 12.7. The van der Waals surface area contributed by atoms with Crippen LogP contribution in [0.5, 0.6) is 0 Å². The monoisotopic (exact) mass is 387 g/mol. The first-order chi connectivity index (χ1) is 12.1. The zero-order valence-corrected chi connectivity index (χ0v) is 17.3. The molecule has 0 aromatic heterocycles. The van der Waals surface area contributed by atoms with Crippen molar-refractivity contribution >= 4 is 36.6 Å². The first-order valence-corrected chi connectivity index (χ1v) is 9.67. The number of hydrogen-bond donors (Lipinski definition) is 4. The molecule has 8 heteroatoms. The van der Waals surface area contributed by atoms with Gasteiger partial charge in [-0.05, 0) is 36.9 Å². The van der Waals surface area contributed by atoms with Crippen molar-refractivity contribution in [3.63, 3.8) is 0 Å². The summed E-state index contributed by atoms with van der Waals surface area (Å²) in [5.41, 5.74) is 0. The van der Waals surface area contributed by atoms with Gasteiger partial charge in [0.15, 0.2) is 0 Å².